The Kier molecular flexibility index (Phi) is 3.82. The van der Waals surface area contributed by atoms with E-state index in [4.69, 9.17) is 5.26 Å². The maximum absolute atomic E-state index is 8.97. The number of piperazine rings is 1. The maximum Gasteiger partial charge on any atom is 0.0994 e. The number of anilines is 1. The molecule has 0 radical (unpaired) electrons. The van der Waals surface area contributed by atoms with Crippen LogP contribution in [0, 0.1) is 18.3 Å². The molecule has 3 nitrogen and oxygen atoms in total. The van der Waals surface area contributed by atoms with Gasteiger partial charge in [-0.05, 0) is 51.5 Å². The number of hydrogen-bond donors (Lipinski definition) is 0. The summed E-state index contributed by atoms with van der Waals surface area (Å²) in [5.74, 6) is 0. The van der Waals surface area contributed by atoms with Gasteiger partial charge in [0.05, 0.1) is 11.6 Å². The second kappa shape index (κ2) is 5.22. The SMILES string of the molecule is Cc1cc(N2CCN(C(C)(C)C)CC2)ccc1C#N. The predicted molar refractivity (Wildman–Crippen MR) is 79.4 cm³/mol. The lowest BCUT2D eigenvalue weighted by molar-refractivity contribution is 0.128. The molecular formula is C16H23N3. The average molecular weight is 257 g/mol. The second-order valence-corrected chi connectivity index (χ2v) is 6.26. The van der Waals surface area contributed by atoms with Crippen LogP contribution in [-0.2, 0) is 0 Å². The first-order chi connectivity index (χ1) is 8.91. The van der Waals surface area contributed by atoms with E-state index in [-0.39, 0.29) is 5.54 Å². The van der Waals surface area contributed by atoms with Crippen LogP contribution in [0.1, 0.15) is 31.9 Å². The fraction of sp³-hybridized carbons (Fsp3) is 0.562. The van der Waals surface area contributed by atoms with Crippen LogP contribution >= 0.6 is 0 Å². The zero-order valence-corrected chi connectivity index (χ0v) is 12.4. The Morgan fingerprint density at radius 3 is 2.21 bits per heavy atom. The van der Waals surface area contributed by atoms with Gasteiger partial charge in [-0.15, -0.1) is 0 Å². The van der Waals surface area contributed by atoms with Gasteiger partial charge in [0, 0.05) is 37.4 Å². The first kappa shape index (κ1) is 13.9. The molecule has 1 heterocycles. The van der Waals surface area contributed by atoms with Gasteiger partial charge in [-0.3, -0.25) is 4.90 Å². The molecule has 102 valence electrons. The highest BCUT2D eigenvalue weighted by Crippen LogP contribution is 2.22. The van der Waals surface area contributed by atoms with Gasteiger partial charge in [0.15, 0.2) is 0 Å². The molecule has 0 saturated carbocycles. The summed E-state index contributed by atoms with van der Waals surface area (Å²) in [6.07, 6.45) is 0. The molecule has 0 bridgehead atoms. The number of aryl methyl sites for hydroxylation is 1. The summed E-state index contributed by atoms with van der Waals surface area (Å²) >= 11 is 0. The molecular weight excluding hydrogens is 234 g/mol. The Balaban J connectivity index is 2.06. The van der Waals surface area contributed by atoms with E-state index < -0.39 is 0 Å². The van der Waals surface area contributed by atoms with Crippen molar-refractivity contribution in [1.29, 1.82) is 5.26 Å². The fourth-order valence-corrected chi connectivity index (χ4v) is 2.61. The molecule has 0 N–H and O–H groups in total. The highest BCUT2D eigenvalue weighted by molar-refractivity contribution is 5.53. The standard InChI is InChI=1S/C16H23N3/c1-13-11-15(6-5-14(13)12-17)18-7-9-19(10-8-18)16(2,3)4/h5-6,11H,7-10H2,1-4H3. The van der Waals surface area contributed by atoms with Gasteiger partial charge in [0.1, 0.15) is 0 Å². The third-order valence-corrected chi connectivity index (χ3v) is 3.92. The number of rotatable bonds is 1. The predicted octanol–water partition coefficient (Wildman–Crippen LogP) is 2.79. The molecule has 1 fully saturated rings. The topological polar surface area (TPSA) is 30.3 Å². The minimum Gasteiger partial charge on any atom is -0.369 e. The van der Waals surface area contributed by atoms with Crippen LogP contribution in [0.2, 0.25) is 0 Å². The minimum absolute atomic E-state index is 0.257. The molecule has 1 saturated heterocycles. The van der Waals surface area contributed by atoms with Crippen LogP contribution in [0.5, 0.6) is 0 Å². The van der Waals surface area contributed by atoms with Gasteiger partial charge in [0.2, 0.25) is 0 Å². The Morgan fingerprint density at radius 1 is 1.11 bits per heavy atom. The first-order valence-electron chi connectivity index (χ1n) is 6.92. The molecule has 0 spiro atoms. The van der Waals surface area contributed by atoms with Crippen molar-refractivity contribution in [2.24, 2.45) is 0 Å². The highest BCUT2D eigenvalue weighted by atomic mass is 15.3. The normalized spacial score (nSPS) is 17.3. The summed E-state index contributed by atoms with van der Waals surface area (Å²) in [6.45, 7) is 13.1. The van der Waals surface area contributed by atoms with Gasteiger partial charge in [0.25, 0.3) is 0 Å². The molecule has 1 aromatic carbocycles. The van der Waals surface area contributed by atoms with Gasteiger partial charge >= 0.3 is 0 Å². The van der Waals surface area contributed by atoms with E-state index in [0.29, 0.717) is 0 Å². The lowest BCUT2D eigenvalue weighted by Gasteiger charge is -2.43. The lowest BCUT2D eigenvalue weighted by atomic mass is 10.0. The Morgan fingerprint density at radius 2 is 1.74 bits per heavy atom. The molecule has 3 heteroatoms. The molecule has 1 aliphatic rings. The fourth-order valence-electron chi connectivity index (χ4n) is 2.61. The summed E-state index contributed by atoms with van der Waals surface area (Å²) in [5, 5.41) is 8.97. The van der Waals surface area contributed by atoms with Crippen LogP contribution in [0.15, 0.2) is 18.2 Å². The van der Waals surface area contributed by atoms with Crippen molar-refractivity contribution < 1.29 is 0 Å². The second-order valence-electron chi connectivity index (χ2n) is 6.26. The first-order valence-corrected chi connectivity index (χ1v) is 6.92. The zero-order valence-electron chi connectivity index (χ0n) is 12.4. The Bertz CT molecular complexity index is 486. The van der Waals surface area contributed by atoms with Crippen LogP contribution in [0.3, 0.4) is 0 Å². The maximum atomic E-state index is 8.97. The molecule has 0 unspecified atom stereocenters. The molecule has 0 amide bonds. The Labute approximate surface area is 116 Å². The van der Waals surface area contributed by atoms with Gasteiger partial charge < -0.3 is 4.90 Å². The summed E-state index contributed by atoms with van der Waals surface area (Å²) in [4.78, 5) is 4.94. The number of nitriles is 1. The van der Waals surface area contributed by atoms with Crippen LogP contribution in [-0.4, -0.2) is 36.6 Å². The number of hydrogen-bond acceptors (Lipinski definition) is 3. The largest absolute Gasteiger partial charge is 0.369 e. The lowest BCUT2D eigenvalue weighted by Crippen LogP contribution is -2.53. The third kappa shape index (κ3) is 3.08. The summed E-state index contributed by atoms with van der Waals surface area (Å²) in [7, 11) is 0. The third-order valence-electron chi connectivity index (χ3n) is 3.92. The summed E-state index contributed by atoms with van der Waals surface area (Å²) < 4.78 is 0. The van der Waals surface area contributed by atoms with Crippen molar-refractivity contribution in [2.75, 3.05) is 31.1 Å². The molecule has 1 aliphatic heterocycles. The molecule has 0 atom stereocenters. The van der Waals surface area contributed by atoms with Crippen molar-refractivity contribution in [3.8, 4) is 6.07 Å². The van der Waals surface area contributed by atoms with Crippen molar-refractivity contribution in [3.63, 3.8) is 0 Å². The van der Waals surface area contributed by atoms with Gasteiger partial charge in [-0.1, -0.05) is 0 Å². The number of nitrogens with zero attached hydrogens (tertiary/aromatic N) is 3. The Hall–Kier alpha value is -1.53. The monoisotopic (exact) mass is 257 g/mol. The van der Waals surface area contributed by atoms with E-state index in [1.54, 1.807) is 0 Å². The van der Waals surface area contributed by atoms with Crippen LogP contribution in [0.25, 0.3) is 0 Å². The van der Waals surface area contributed by atoms with Crippen molar-refractivity contribution in [1.82, 2.24) is 4.90 Å². The highest BCUT2D eigenvalue weighted by Gasteiger charge is 2.25. The van der Waals surface area contributed by atoms with E-state index in [2.05, 4.69) is 48.8 Å². The van der Waals surface area contributed by atoms with Crippen molar-refractivity contribution in [3.05, 3.63) is 29.3 Å². The van der Waals surface area contributed by atoms with Crippen molar-refractivity contribution >= 4 is 5.69 Å². The van der Waals surface area contributed by atoms with Gasteiger partial charge in [-0.2, -0.15) is 5.26 Å². The average Bonchev–Trinajstić information content (AvgIpc) is 2.38. The molecule has 0 aliphatic carbocycles. The minimum atomic E-state index is 0.257. The van der Waals surface area contributed by atoms with E-state index >= 15 is 0 Å². The van der Waals surface area contributed by atoms with E-state index in [9.17, 15) is 0 Å². The number of benzene rings is 1. The molecule has 1 aromatic rings. The molecule has 0 aromatic heterocycles. The van der Waals surface area contributed by atoms with Crippen molar-refractivity contribution in [2.45, 2.75) is 33.2 Å². The molecule has 2 rings (SSSR count). The quantitative estimate of drug-likeness (QED) is 0.775. The van der Waals surface area contributed by atoms with E-state index in [1.807, 2.05) is 13.0 Å². The van der Waals surface area contributed by atoms with Crippen LogP contribution in [0.4, 0.5) is 5.69 Å². The molecule has 19 heavy (non-hydrogen) atoms. The van der Waals surface area contributed by atoms with Crippen LogP contribution < -0.4 is 4.90 Å². The van der Waals surface area contributed by atoms with Gasteiger partial charge in [-0.25, -0.2) is 0 Å². The van der Waals surface area contributed by atoms with E-state index in [1.165, 1.54) is 5.69 Å². The smallest absolute Gasteiger partial charge is 0.0994 e. The van der Waals surface area contributed by atoms with E-state index in [0.717, 1.165) is 37.3 Å². The summed E-state index contributed by atoms with van der Waals surface area (Å²) in [6, 6.07) is 8.35. The zero-order chi connectivity index (χ0) is 14.0. The summed E-state index contributed by atoms with van der Waals surface area (Å²) in [5.41, 5.74) is 3.34.